The highest BCUT2D eigenvalue weighted by Gasteiger charge is 2.19. The molecule has 0 aromatic carbocycles. The number of carbonyl (C=O) groups is 1. The molecule has 0 spiro atoms. The van der Waals surface area contributed by atoms with Gasteiger partial charge in [-0.05, 0) is 25.7 Å². The number of aryl methyl sites for hydroxylation is 2. The van der Waals surface area contributed by atoms with E-state index in [4.69, 9.17) is 4.74 Å². The van der Waals surface area contributed by atoms with Crippen molar-refractivity contribution in [3.8, 4) is 0 Å². The SMILES string of the molecule is COC(=O)C(C)Cc1nc2c(s1)CCCC2. The lowest BCUT2D eigenvalue weighted by Gasteiger charge is -2.06. The number of esters is 1. The Hall–Kier alpha value is -0.900. The van der Waals surface area contributed by atoms with Gasteiger partial charge in [-0.3, -0.25) is 4.79 Å². The van der Waals surface area contributed by atoms with Gasteiger partial charge in [-0.15, -0.1) is 11.3 Å². The van der Waals surface area contributed by atoms with Crippen LogP contribution in [-0.2, 0) is 28.8 Å². The summed E-state index contributed by atoms with van der Waals surface area (Å²) in [5, 5.41) is 1.09. The van der Waals surface area contributed by atoms with Crippen molar-refractivity contribution in [3.05, 3.63) is 15.6 Å². The van der Waals surface area contributed by atoms with Crippen molar-refractivity contribution in [1.82, 2.24) is 4.98 Å². The number of hydrogen-bond donors (Lipinski definition) is 0. The number of nitrogens with zero attached hydrogens (tertiary/aromatic N) is 1. The fourth-order valence-corrected chi connectivity index (χ4v) is 3.32. The fraction of sp³-hybridized carbons (Fsp3) is 0.667. The molecule has 0 bridgehead atoms. The molecule has 3 nitrogen and oxygen atoms in total. The predicted molar refractivity (Wildman–Crippen MR) is 63.6 cm³/mol. The van der Waals surface area contributed by atoms with Crippen LogP contribution in [-0.4, -0.2) is 18.1 Å². The van der Waals surface area contributed by atoms with E-state index in [1.54, 1.807) is 11.3 Å². The molecule has 0 N–H and O–H groups in total. The van der Waals surface area contributed by atoms with Gasteiger partial charge in [-0.1, -0.05) is 6.92 Å². The van der Waals surface area contributed by atoms with E-state index in [-0.39, 0.29) is 11.9 Å². The average Bonchev–Trinajstić information content (AvgIpc) is 2.69. The van der Waals surface area contributed by atoms with Gasteiger partial charge in [0, 0.05) is 11.3 Å². The van der Waals surface area contributed by atoms with Crippen LogP contribution in [0.2, 0.25) is 0 Å². The maximum Gasteiger partial charge on any atom is 0.308 e. The topological polar surface area (TPSA) is 39.2 Å². The zero-order valence-electron chi connectivity index (χ0n) is 9.78. The Kier molecular flexibility index (Phi) is 3.59. The van der Waals surface area contributed by atoms with E-state index in [1.165, 1.54) is 36.9 Å². The standard InChI is InChI=1S/C12H17NO2S/c1-8(12(14)15-2)7-11-13-9-5-3-4-6-10(9)16-11/h8H,3-7H2,1-2H3. The average molecular weight is 239 g/mol. The Bertz CT molecular complexity index is 363. The van der Waals surface area contributed by atoms with E-state index >= 15 is 0 Å². The molecule has 0 radical (unpaired) electrons. The fourth-order valence-electron chi connectivity index (χ4n) is 2.04. The van der Waals surface area contributed by atoms with Crippen LogP contribution in [0.3, 0.4) is 0 Å². The summed E-state index contributed by atoms with van der Waals surface area (Å²) in [5.74, 6) is -0.231. The van der Waals surface area contributed by atoms with E-state index < -0.39 is 0 Å². The Labute approximate surface area is 99.8 Å². The summed E-state index contributed by atoms with van der Waals surface area (Å²) in [6, 6.07) is 0. The Balaban J connectivity index is 2.04. The Morgan fingerprint density at radius 1 is 1.50 bits per heavy atom. The van der Waals surface area contributed by atoms with Crippen molar-refractivity contribution in [2.24, 2.45) is 5.92 Å². The van der Waals surface area contributed by atoms with Gasteiger partial charge < -0.3 is 4.74 Å². The monoisotopic (exact) mass is 239 g/mol. The summed E-state index contributed by atoms with van der Waals surface area (Å²) < 4.78 is 4.72. The number of thiazole rings is 1. The first-order chi connectivity index (χ1) is 7.70. The zero-order valence-corrected chi connectivity index (χ0v) is 10.6. The Morgan fingerprint density at radius 3 is 2.94 bits per heavy atom. The zero-order chi connectivity index (χ0) is 11.5. The number of methoxy groups -OCH3 is 1. The van der Waals surface area contributed by atoms with Crippen molar-refractivity contribution in [3.63, 3.8) is 0 Å². The first-order valence-electron chi connectivity index (χ1n) is 5.76. The number of rotatable bonds is 3. The van der Waals surface area contributed by atoms with Gasteiger partial charge in [-0.25, -0.2) is 4.98 Å². The number of fused-ring (bicyclic) bond motifs is 1. The normalized spacial score (nSPS) is 16.6. The molecule has 1 aliphatic rings. The summed E-state index contributed by atoms with van der Waals surface area (Å²) >= 11 is 1.77. The minimum absolute atomic E-state index is 0.0856. The molecule has 0 saturated heterocycles. The van der Waals surface area contributed by atoms with Crippen LogP contribution in [0.4, 0.5) is 0 Å². The molecule has 2 rings (SSSR count). The second-order valence-corrected chi connectivity index (χ2v) is 5.48. The van der Waals surface area contributed by atoms with Crippen LogP contribution in [0.5, 0.6) is 0 Å². The lowest BCUT2D eigenvalue weighted by atomic mass is 10.0. The third kappa shape index (κ3) is 2.43. The van der Waals surface area contributed by atoms with Crippen LogP contribution in [0.1, 0.15) is 35.3 Å². The Morgan fingerprint density at radius 2 is 2.25 bits per heavy atom. The maximum atomic E-state index is 11.3. The minimum atomic E-state index is -0.145. The number of carbonyl (C=O) groups excluding carboxylic acids is 1. The molecule has 1 unspecified atom stereocenters. The van der Waals surface area contributed by atoms with Crippen molar-refractivity contribution in [2.75, 3.05) is 7.11 Å². The molecule has 1 aromatic heterocycles. The van der Waals surface area contributed by atoms with E-state index in [0.717, 1.165) is 11.4 Å². The molecule has 1 aromatic rings. The van der Waals surface area contributed by atoms with Gasteiger partial charge >= 0.3 is 5.97 Å². The molecule has 16 heavy (non-hydrogen) atoms. The molecular weight excluding hydrogens is 222 g/mol. The molecule has 0 fully saturated rings. The van der Waals surface area contributed by atoms with Crippen molar-refractivity contribution < 1.29 is 9.53 Å². The van der Waals surface area contributed by atoms with Gasteiger partial charge in [0.15, 0.2) is 0 Å². The summed E-state index contributed by atoms with van der Waals surface area (Å²) in [4.78, 5) is 17.4. The van der Waals surface area contributed by atoms with Crippen LogP contribution < -0.4 is 0 Å². The lowest BCUT2D eigenvalue weighted by molar-refractivity contribution is -0.144. The van der Waals surface area contributed by atoms with Crippen LogP contribution in [0.25, 0.3) is 0 Å². The minimum Gasteiger partial charge on any atom is -0.469 e. The molecule has 1 heterocycles. The molecule has 0 amide bonds. The predicted octanol–water partition coefficient (Wildman–Crippen LogP) is 2.37. The van der Waals surface area contributed by atoms with E-state index in [9.17, 15) is 4.79 Å². The van der Waals surface area contributed by atoms with Crippen molar-refractivity contribution >= 4 is 17.3 Å². The molecular formula is C12H17NO2S. The van der Waals surface area contributed by atoms with Gasteiger partial charge in [0.2, 0.25) is 0 Å². The molecule has 88 valence electrons. The second kappa shape index (κ2) is 4.95. The maximum absolute atomic E-state index is 11.3. The van der Waals surface area contributed by atoms with Gasteiger partial charge in [0.1, 0.15) is 0 Å². The van der Waals surface area contributed by atoms with Gasteiger partial charge in [0.25, 0.3) is 0 Å². The molecule has 4 heteroatoms. The summed E-state index contributed by atoms with van der Waals surface area (Å²) in [6.45, 7) is 1.90. The summed E-state index contributed by atoms with van der Waals surface area (Å²) in [7, 11) is 1.44. The highest BCUT2D eigenvalue weighted by atomic mass is 32.1. The summed E-state index contributed by atoms with van der Waals surface area (Å²) in [5.41, 5.74) is 1.27. The summed E-state index contributed by atoms with van der Waals surface area (Å²) in [6.07, 6.45) is 5.52. The first-order valence-corrected chi connectivity index (χ1v) is 6.57. The molecule has 1 atom stereocenters. The van der Waals surface area contributed by atoms with Crippen molar-refractivity contribution in [2.45, 2.75) is 39.0 Å². The second-order valence-electron chi connectivity index (χ2n) is 4.31. The lowest BCUT2D eigenvalue weighted by Crippen LogP contribution is -2.15. The molecule has 0 aliphatic heterocycles. The van der Waals surface area contributed by atoms with Gasteiger partial charge in [-0.2, -0.15) is 0 Å². The van der Waals surface area contributed by atoms with Gasteiger partial charge in [0.05, 0.1) is 23.7 Å². The highest BCUT2D eigenvalue weighted by Crippen LogP contribution is 2.27. The van der Waals surface area contributed by atoms with Crippen LogP contribution in [0, 0.1) is 5.92 Å². The third-order valence-electron chi connectivity index (χ3n) is 2.97. The number of aromatic nitrogens is 1. The van der Waals surface area contributed by atoms with Crippen LogP contribution in [0.15, 0.2) is 0 Å². The van der Waals surface area contributed by atoms with E-state index in [2.05, 4.69) is 4.98 Å². The third-order valence-corrected chi connectivity index (χ3v) is 4.15. The smallest absolute Gasteiger partial charge is 0.308 e. The highest BCUT2D eigenvalue weighted by molar-refractivity contribution is 7.11. The molecule has 1 aliphatic carbocycles. The quantitative estimate of drug-likeness (QED) is 0.760. The number of hydrogen-bond acceptors (Lipinski definition) is 4. The van der Waals surface area contributed by atoms with E-state index in [0.29, 0.717) is 6.42 Å². The largest absolute Gasteiger partial charge is 0.469 e. The molecule has 0 saturated carbocycles. The first kappa shape index (κ1) is 11.6. The number of ether oxygens (including phenoxy) is 1. The van der Waals surface area contributed by atoms with Crippen molar-refractivity contribution in [1.29, 1.82) is 0 Å². The van der Waals surface area contributed by atoms with Crippen LogP contribution >= 0.6 is 11.3 Å². The van der Waals surface area contributed by atoms with E-state index in [1.807, 2.05) is 6.92 Å².